The highest BCUT2D eigenvalue weighted by molar-refractivity contribution is 5.76. The predicted octanol–water partition coefficient (Wildman–Crippen LogP) is 2.10. The number of hydrogen-bond donors (Lipinski definition) is 0. The topological polar surface area (TPSA) is 82.8 Å². The standard InChI is InChI=1S/C21H35N5O3/c1-17(2)15-21(28)26-13-11-24(12-14-26)16-18-22-19(29-23-18)7-8-20(27)25-9-5-3-4-6-10-25/h17H,3-16H2,1-2H3. The Morgan fingerprint density at radius 3 is 2.24 bits per heavy atom. The zero-order chi connectivity index (χ0) is 20.6. The van der Waals surface area contributed by atoms with Crippen LogP contribution >= 0.6 is 0 Å². The summed E-state index contributed by atoms with van der Waals surface area (Å²) in [6, 6.07) is 0. The number of rotatable bonds is 7. The molecule has 3 rings (SSSR count). The quantitative estimate of drug-likeness (QED) is 0.691. The van der Waals surface area contributed by atoms with Gasteiger partial charge in [-0.3, -0.25) is 14.5 Å². The Morgan fingerprint density at radius 1 is 0.931 bits per heavy atom. The molecule has 2 amide bonds. The molecule has 0 radical (unpaired) electrons. The minimum absolute atomic E-state index is 0.189. The molecule has 2 saturated heterocycles. The first-order valence-corrected chi connectivity index (χ1v) is 11.1. The molecule has 162 valence electrons. The van der Waals surface area contributed by atoms with Crippen molar-refractivity contribution in [1.29, 1.82) is 0 Å². The molecule has 8 nitrogen and oxygen atoms in total. The van der Waals surface area contributed by atoms with Gasteiger partial charge in [-0.1, -0.05) is 31.8 Å². The number of aryl methyl sites for hydroxylation is 1. The average molecular weight is 406 g/mol. The van der Waals surface area contributed by atoms with Crippen molar-refractivity contribution >= 4 is 11.8 Å². The molecule has 0 N–H and O–H groups in total. The maximum Gasteiger partial charge on any atom is 0.227 e. The SMILES string of the molecule is CC(C)CC(=O)N1CCN(Cc2noc(CCC(=O)N3CCCCCC3)n2)CC1. The van der Waals surface area contributed by atoms with Gasteiger partial charge in [-0.15, -0.1) is 0 Å². The third kappa shape index (κ3) is 6.80. The Balaban J connectivity index is 1.39. The van der Waals surface area contributed by atoms with E-state index in [4.69, 9.17) is 4.52 Å². The van der Waals surface area contributed by atoms with Gasteiger partial charge >= 0.3 is 0 Å². The van der Waals surface area contributed by atoms with Gasteiger partial charge in [0.25, 0.3) is 0 Å². The van der Waals surface area contributed by atoms with Crippen molar-refractivity contribution < 1.29 is 14.1 Å². The first-order valence-electron chi connectivity index (χ1n) is 11.1. The number of likely N-dealkylation sites (tertiary alicyclic amines) is 1. The van der Waals surface area contributed by atoms with E-state index >= 15 is 0 Å². The van der Waals surface area contributed by atoms with Gasteiger partial charge in [0.2, 0.25) is 17.7 Å². The van der Waals surface area contributed by atoms with Crippen LogP contribution in [-0.2, 0) is 22.6 Å². The summed E-state index contributed by atoms with van der Waals surface area (Å²) in [6.45, 7) is 9.66. The summed E-state index contributed by atoms with van der Waals surface area (Å²) < 4.78 is 5.35. The largest absolute Gasteiger partial charge is 0.343 e. The van der Waals surface area contributed by atoms with E-state index in [1.54, 1.807) is 0 Å². The van der Waals surface area contributed by atoms with Crippen LogP contribution in [0.1, 0.15) is 64.1 Å². The molecule has 0 unspecified atom stereocenters. The van der Waals surface area contributed by atoms with Crippen LogP contribution < -0.4 is 0 Å². The Bertz CT molecular complexity index is 659. The molecule has 2 aliphatic heterocycles. The summed E-state index contributed by atoms with van der Waals surface area (Å²) in [4.78, 5) is 35.2. The Morgan fingerprint density at radius 2 is 1.59 bits per heavy atom. The molecule has 0 aliphatic carbocycles. The summed E-state index contributed by atoms with van der Waals surface area (Å²) in [5.74, 6) is 2.02. The normalized spacial score (nSPS) is 18.9. The molecular formula is C21H35N5O3. The summed E-state index contributed by atoms with van der Waals surface area (Å²) in [5.41, 5.74) is 0. The summed E-state index contributed by atoms with van der Waals surface area (Å²) >= 11 is 0. The van der Waals surface area contributed by atoms with Crippen molar-refractivity contribution in [3.63, 3.8) is 0 Å². The molecule has 1 aromatic rings. The Labute approximate surface area is 173 Å². The third-order valence-electron chi connectivity index (χ3n) is 5.69. The molecule has 3 heterocycles. The fourth-order valence-corrected chi connectivity index (χ4v) is 3.98. The number of hydrogen-bond acceptors (Lipinski definition) is 6. The Kier molecular flexibility index (Phi) is 8.03. The molecule has 29 heavy (non-hydrogen) atoms. The fraction of sp³-hybridized carbons (Fsp3) is 0.810. The van der Waals surface area contributed by atoms with E-state index in [1.165, 1.54) is 12.8 Å². The van der Waals surface area contributed by atoms with Gasteiger partial charge in [0.15, 0.2) is 5.82 Å². The molecular weight excluding hydrogens is 370 g/mol. The van der Waals surface area contributed by atoms with Crippen molar-refractivity contribution in [2.75, 3.05) is 39.3 Å². The van der Waals surface area contributed by atoms with Crippen LogP contribution in [0.4, 0.5) is 0 Å². The molecule has 0 saturated carbocycles. The number of aromatic nitrogens is 2. The van der Waals surface area contributed by atoms with Gasteiger partial charge < -0.3 is 14.3 Å². The summed E-state index contributed by atoms with van der Waals surface area (Å²) in [6.07, 6.45) is 6.19. The van der Waals surface area contributed by atoms with E-state index in [9.17, 15) is 9.59 Å². The van der Waals surface area contributed by atoms with Crippen LogP contribution in [0.25, 0.3) is 0 Å². The highest BCUT2D eigenvalue weighted by Gasteiger charge is 2.23. The second kappa shape index (κ2) is 10.7. The number of amides is 2. The molecule has 0 aromatic carbocycles. The molecule has 2 aliphatic rings. The fourth-order valence-electron chi connectivity index (χ4n) is 3.98. The first-order chi connectivity index (χ1) is 14.0. The van der Waals surface area contributed by atoms with E-state index in [1.807, 2.05) is 9.80 Å². The van der Waals surface area contributed by atoms with E-state index < -0.39 is 0 Å². The van der Waals surface area contributed by atoms with Crippen molar-refractivity contribution in [3.05, 3.63) is 11.7 Å². The average Bonchev–Trinajstić information content (AvgIpc) is 2.96. The Hall–Kier alpha value is -1.96. The molecule has 0 spiro atoms. The zero-order valence-corrected chi connectivity index (χ0v) is 17.9. The van der Waals surface area contributed by atoms with Gasteiger partial charge in [0.05, 0.1) is 6.54 Å². The lowest BCUT2D eigenvalue weighted by atomic mass is 10.1. The highest BCUT2D eigenvalue weighted by Crippen LogP contribution is 2.13. The van der Waals surface area contributed by atoms with Gasteiger partial charge in [-0.2, -0.15) is 4.98 Å². The zero-order valence-electron chi connectivity index (χ0n) is 17.9. The minimum Gasteiger partial charge on any atom is -0.343 e. The van der Waals surface area contributed by atoms with Crippen molar-refractivity contribution in [2.45, 2.75) is 65.3 Å². The smallest absolute Gasteiger partial charge is 0.227 e. The minimum atomic E-state index is 0.189. The summed E-state index contributed by atoms with van der Waals surface area (Å²) in [7, 11) is 0. The van der Waals surface area contributed by atoms with Gasteiger partial charge in [0.1, 0.15) is 0 Å². The maximum atomic E-state index is 12.4. The van der Waals surface area contributed by atoms with Crippen LogP contribution in [0.5, 0.6) is 0 Å². The van der Waals surface area contributed by atoms with E-state index in [0.29, 0.717) is 43.4 Å². The molecule has 1 aromatic heterocycles. The molecule has 0 bridgehead atoms. The first kappa shape index (κ1) is 21.7. The second-order valence-electron chi connectivity index (χ2n) is 8.65. The van der Waals surface area contributed by atoms with Crippen LogP contribution in [-0.4, -0.2) is 75.9 Å². The van der Waals surface area contributed by atoms with Crippen molar-refractivity contribution in [2.24, 2.45) is 5.92 Å². The monoisotopic (exact) mass is 405 g/mol. The molecule has 0 atom stereocenters. The predicted molar refractivity (Wildman–Crippen MR) is 109 cm³/mol. The van der Waals surface area contributed by atoms with Crippen LogP contribution in [0.15, 0.2) is 4.52 Å². The second-order valence-corrected chi connectivity index (χ2v) is 8.65. The molecule has 2 fully saturated rings. The van der Waals surface area contributed by atoms with Gasteiger partial charge in [-0.05, 0) is 18.8 Å². The van der Waals surface area contributed by atoms with Crippen LogP contribution in [0.3, 0.4) is 0 Å². The number of carbonyl (C=O) groups excluding carboxylic acids is 2. The van der Waals surface area contributed by atoms with Gasteiger partial charge in [-0.25, -0.2) is 0 Å². The van der Waals surface area contributed by atoms with Crippen LogP contribution in [0.2, 0.25) is 0 Å². The third-order valence-corrected chi connectivity index (χ3v) is 5.69. The lowest BCUT2D eigenvalue weighted by Gasteiger charge is -2.34. The van der Waals surface area contributed by atoms with E-state index in [0.717, 1.165) is 52.1 Å². The number of nitrogens with zero attached hydrogens (tertiary/aromatic N) is 5. The highest BCUT2D eigenvalue weighted by atomic mass is 16.5. The van der Waals surface area contributed by atoms with Crippen LogP contribution in [0, 0.1) is 5.92 Å². The van der Waals surface area contributed by atoms with E-state index in [-0.39, 0.29) is 11.8 Å². The van der Waals surface area contributed by atoms with Gasteiger partial charge in [0, 0.05) is 58.5 Å². The summed E-state index contributed by atoms with van der Waals surface area (Å²) in [5, 5.41) is 4.08. The lowest BCUT2D eigenvalue weighted by Crippen LogP contribution is -2.48. The lowest BCUT2D eigenvalue weighted by molar-refractivity contribution is -0.134. The number of carbonyl (C=O) groups is 2. The van der Waals surface area contributed by atoms with Crippen molar-refractivity contribution in [3.8, 4) is 0 Å². The van der Waals surface area contributed by atoms with E-state index in [2.05, 4.69) is 28.9 Å². The van der Waals surface area contributed by atoms with Crippen molar-refractivity contribution in [1.82, 2.24) is 24.8 Å². The number of piperazine rings is 1. The maximum absolute atomic E-state index is 12.4. The molecule has 8 heteroatoms.